The number of amides is 1. The van der Waals surface area contributed by atoms with Gasteiger partial charge in [0.25, 0.3) is 0 Å². The molecule has 43 heavy (non-hydrogen) atoms. The lowest BCUT2D eigenvalue weighted by atomic mass is 9.64. The van der Waals surface area contributed by atoms with Gasteiger partial charge < -0.3 is 10.2 Å². The van der Waals surface area contributed by atoms with Crippen LogP contribution in [0.5, 0.6) is 0 Å². The molecule has 6 heteroatoms. The Balaban J connectivity index is 1.49. The third-order valence-electron chi connectivity index (χ3n) is 9.11. The molecule has 5 nitrogen and oxygen atoms in total. The maximum atomic E-state index is 15.0. The molecule has 4 aromatic carbocycles. The van der Waals surface area contributed by atoms with E-state index in [4.69, 9.17) is 11.6 Å². The first kappa shape index (κ1) is 27.4. The number of anilines is 2. The molecule has 0 bridgehead atoms. The number of hydrogen-bond acceptors (Lipinski definition) is 4. The Morgan fingerprint density at radius 2 is 1.58 bits per heavy atom. The predicted octanol–water partition coefficient (Wildman–Crippen LogP) is 7.39. The van der Waals surface area contributed by atoms with Crippen LogP contribution >= 0.6 is 11.6 Å². The molecule has 1 fully saturated rings. The van der Waals surface area contributed by atoms with Crippen LogP contribution in [-0.2, 0) is 16.6 Å². The van der Waals surface area contributed by atoms with Gasteiger partial charge in [0.05, 0.1) is 17.0 Å². The first-order chi connectivity index (χ1) is 20.8. The van der Waals surface area contributed by atoms with Gasteiger partial charge in [0, 0.05) is 22.5 Å². The number of fused-ring (bicyclic) bond motifs is 6. The van der Waals surface area contributed by atoms with Crippen LogP contribution in [0.25, 0.3) is 6.08 Å². The minimum absolute atomic E-state index is 0.242. The van der Waals surface area contributed by atoms with Crippen LogP contribution in [0.15, 0.2) is 103 Å². The Morgan fingerprint density at radius 3 is 2.35 bits per heavy atom. The molecule has 4 atom stereocenters. The summed E-state index contributed by atoms with van der Waals surface area (Å²) < 4.78 is 0. The Bertz CT molecular complexity index is 1810. The highest BCUT2D eigenvalue weighted by molar-refractivity contribution is 6.34. The van der Waals surface area contributed by atoms with Crippen molar-refractivity contribution in [3.63, 3.8) is 0 Å². The number of carbonyl (C=O) groups is 3. The van der Waals surface area contributed by atoms with E-state index < -0.39 is 23.4 Å². The molecule has 0 saturated carbocycles. The molecule has 0 radical (unpaired) electrons. The average Bonchev–Trinajstić information content (AvgIpc) is 3.49. The van der Waals surface area contributed by atoms with Crippen LogP contribution < -0.4 is 10.2 Å². The number of nitrogens with zero attached hydrogens (tertiary/aromatic N) is 1. The van der Waals surface area contributed by atoms with E-state index in [1.54, 1.807) is 24.3 Å². The molecule has 1 spiro atoms. The second-order valence-corrected chi connectivity index (χ2v) is 12.5. The van der Waals surface area contributed by atoms with Crippen LogP contribution in [0.4, 0.5) is 11.4 Å². The minimum Gasteiger partial charge on any atom is -0.352 e. The number of rotatable bonds is 6. The number of para-hydroxylation sites is 2. The third kappa shape index (κ3) is 4.09. The zero-order valence-corrected chi connectivity index (χ0v) is 24.7. The van der Waals surface area contributed by atoms with Crippen molar-refractivity contribution in [1.29, 1.82) is 0 Å². The van der Waals surface area contributed by atoms with Crippen LogP contribution in [0.3, 0.4) is 0 Å². The fraction of sp³-hybridized carbons (Fsp3) is 0.216. The summed E-state index contributed by atoms with van der Waals surface area (Å²) in [5.74, 6) is -1.37. The van der Waals surface area contributed by atoms with Crippen molar-refractivity contribution in [3.05, 3.63) is 136 Å². The molecular weight excluding hydrogens is 556 g/mol. The zero-order chi connectivity index (χ0) is 29.9. The van der Waals surface area contributed by atoms with E-state index >= 15 is 0 Å². The molecule has 1 N–H and O–H groups in total. The number of nitrogens with one attached hydrogen (secondary N) is 1. The molecule has 4 unspecified atom stereocenters. The van der Waals surface area contributed by atoms with Crippen molar-refractivity contribution in [2.24, 2.45) is 11.8 Å². The number of ketones is 2. The predicted molar refractivity (Wildman–Crippen MR) is 171 cm³/mol. The number of carbonyl (C=O) groups excluding carboxylic acids is 3. The van der Waals surface area contributed by atoms with E-state index in [9.17, 15) is 14.4 Å². The second-order valence-electron chi connectivity index (χ2n) is 12.1. The number of halogens is 1. The first-order valence-corrected chi connectivity index (χ1v) is 15.1. The van der Waals surface area contributed by atoms with Gasteiger partial charge in [0.1, 0.15) is 11.5 Å². The van der Waals surface area contributed by atoms with Crippen LogP contribution in [-0.4, -0.2) is 29.6 Å². The van der Waals surface area contributed by atoms with Gasteiger partial charge in [0.15, 0.2) is 11.6 Å². The van der Waals surface area contributed by atoms with Crippen LogP contribution in [0, 0.1) is 11.8 Å². The average molecular weight is 587 g/mol. The van der Waals surface area contributed by atoms with Crippen molar-refractivity contribution in [2.45, 2.75) is 37.8 Å². The highest BCUT2D eigenvalue weighted by Gasteiger charge is 2.70. The monoisotopic (exact) mass is 586 g/mol. The van der Waals surface area contributed by atoms with E-state index in [0.29, 0.717) is 27.8 Å². The van der Waals surface area contributed by atoms with Gasteiger partial charge in [-0.05, 0) is 53.3 Å². The zero-order valence-electron chi connectivity index (χ0n) is 24.0. The van der Waals surface area contributed by atoms with E-state index in [0.717, 1.165) is 28.8 Å². The topological polar surface area (TPSA) is 66.5 Å². The van der Waals surface area contributed by atoms with Gasteiger partial charge in [-0.25, -0.2) is 0 Å². The number of hydrogen-bond donors (Lipinski definition) is 1. The highest BCUT2D eigenvalue weighted by atomic mass is 35.5. The largest absolute Gasteiger partial charge is 0.352 e. The van der Waals surface area contributed by atoms with Crippen molar-refractivity contribution in [2.75, 3.05) is 10.2 Å². The third-order valence-corrected chi connectivity index (χ3v) is 9.44. The Hall–Kier alpha value is -4.48. The molecule has 3 aliphatic rings. The van der Waals surface area contributed by atoms with Crippen molar-refractivity contribution >= 4 is 46.5 Å². The summed E-state index contributed by atoms with van der Waals surface area (Å²) in [5, 5.41) is 3.39. The Labute approximate surface area is 256 Å². The van der Waals surface area contributed by atoms with Crippen molar-refractivity contribution in [3.8, 4) is 0 Å². The SMILES string of the molecule is CC(C)Cc1ccc(C(=O)C2C(C(=O)c3ccccc3Cl)N3c4ccccc4C=CC3C23C(=O)Nc2ccccc23)cc1. The summed E-state index contributed by atoms with van der Waals surface area (Å²) in [7, 11) is 0. The summed E-state index contributed by atoms with van der Waals surface area (Å²) in [5.41, 5.74) is 3.70. The molecule has 214 valence electrons. The van der Waals surface area contributed by atoms with Crippen LogP contribution in [0.2, 0.25) is 5.02 Å². The number of benzene rings is 4. The Kier molecular flexibility index (Phi) is 6.59. The van der Waals surface area contributed by atoms with Crippen molar-refractivity contribution in [1.82, 2.24) is 0 Å². The lowest BCUT2D eigenvalue weighted by Gasteiger charge is -2.37. The standard InChI is InChI=1S/C37H31ClN2O3/c1-22(2)21-23-15-17-25(18-16-23)34(41)32-33(35(42)26-10-4-6-12-28(26)38)40-30-14-8-3-9-24(30)19-20-31(40)37(32)27-11-5-7-13-29(27)39-36(37)43/h3-20,22,31-33H,21H2,1-2H3,(H,39,43). The maximum Gasteiger partial charge on any atom is 0.238 e. The second kappa shape index (κ2) is 10.4. The smallest absolute Gasteiger partial charge is 0.238 e. The molecule has 0 aliphatic carbocycles. The summed E-state index contributed by atoms with van der Waals surface area (Å²) in [6, 6.07) is 28.3. The molecule has 7 rings (SSSR count). The quantitative estimate of drug-likeness (QED) is 0.239. The molecule has 4 aromatic rings. The van der Waals surface area contributed by atoms with E-state index in [-0.39, 0.29) is 17.5 Å². The van der Waals surface area contributed by atoms with E-state index in [1.165, 1.54) is 0 Å². The fourth-order valence-electron chi connectivity index (χ4n) is 7.40. The fourth-order valence-corrected chi connectivity index (χ4v) is 7.63. The molecule has 0 aromatic heterocycles. The number of Topliss-reactive ketones (excluding diaryl/α,β-unsaturated/α-hetero) is 2. The maximum absolute atomic E-state index is 15.0. The lowest BCUT2D eigenvalue weighted by molar-refractivity contribution is -0.121. The first-order valence-electron chi connectivity index (χ1n) is 14.7. The van der Waals surface area contributed by atoms with Gasteiger partial charge in [-0.2, -0.15) is 0 Å². The van der Waals surface area contributed by atoms with Crippen LogP contribution in [0.1, 0.15) is 51.3 Å². The molecular formula is C37H31ClN2O3. The summed E-state index contributed by atoms with van der Waals surface area (Å²) in [6.45, 7) is 4.31. The Morgan fingerprint density at radius 1 is 0.884 bits per heavy atom. The molecule has 1 saturated heterocycles. The molecule has 3 heterocycles. The summed E-state index contributed by atoms with van der Waals surface area (Å²) >= 11 is 6.62. The molecule has 3 aliphatic heterocycles. The summed E-state index contributed by atoms with van der Waals surface area (Å²) in [6.07, 6.45) is 4.87. The van der Waals surface area contributed by atoms with Gasteiger partial charge in [0.2, 0.25) is 5.91 Å². The van der Waals surface area contributed by atoms with E-state index in [2.05, 4.69) is 19.2 Å². The van der Waals surface area contributed by atoms with Gasteiger partial charge in [-0.15, -0.1) is 0 Å². The van der Waals surface area contributed by atoms with Gasteiger partial charge in [-0.1, -0.05) is 110 Å². The van der Waals surface area contributed by atoms with Crippen molar-refractivity contribution < 1.29 is 14.4 Å². The van der Waals surface area contributed by atoms with Gasteiger partial charge >= 0.3 is 0 Å². The summed E-state index contributed by atoms with van der Waals surface area (Å²) in [4.78, 5) is 46.2. The van der Waals surface area contributed by atoms with Gasteiger partial charge in [-0.3, -0.25) is 14.4 Å². The lowest BCUT2D eigenvalue weighted by Crippen LogP contribution is -2.51. The normalized spacial score (nSPS) is 23.2. The molecule has 1 amide bonds. The minimum atomic E-state index is -1.35. The van der Waals surface area contributed by atoms with E-state index in [1.807, 2.05) is 89.8 Å². The highest BCUT2D eigenvalue weighted by Crippen LogP contribution is 2.58.